The fourth-order valence-electron chi connectivity index (χ4n) is 4.99. The highest BCUT2D eigenvalue weighted by molar-refractivity contribution is 7.91. The molecule has 3 aromatic rings. The third-order valence-corrected chi connectivity index (χ3v) is 9.39. The summed E-state index contributed by atoms with van der Waals surface area (Å²) in [6.45, 7) is 5.97. The molecule has 3 aliphatic rings. The van der Waals surface area contributed by atoms with Crippen molar-refractivity contribution >= 4 is 27.6 Å². The Balaban J connectivity index is 1.38. The zero-order valence-electron chi connectivity index (χ0n) is 22.7. The number of hydrogen-bond donors (Lipinski definition) is 1. The van der Waals surface area contributed by atoms with Crippen LogP contribution in [0.1, 0.15) is 74.3 Å². The molecule has 0 spiro atoms. The Bertz CT molecular complexity index is 1790. The molecule has 0 radical (unpaired) electrons. The van der Waals surface area contributed by atoms with Gasteiger partial charge in [0, 0.05) is 29.9 Å². The monoisotopic (exact) mass is 561 g/mol. The molecule has 1 N–H and O–H groups in total. The normalized spacial score (nSPS) is 17.6. The highest BCUT2D eigenvalue weighted by Crippen LogP contribution is 2.41. The van der Waals surface area contributed by atoms with Gasteiger partial charge in [-0.15, -0.1) is 0 Å². The van der Waals surface area contributed by atoms with E-state index in [4.69, 9.17) is 9.98 Å². The van der Waals surface area contributed by atoms with Gasteiger partial charge in [0.25, 0.3) is 5.56 Å². The van der Waals surface area contributed by atoms with Gasteiger partial charge in [-0.25, -0.2) is 33.3 Å². The number of aliphatic imine (C=N–C) groups is 1. The minimum Gasteiger partial charge on any atom is -0.358 e. The molecule has 0 bridgehead atoms. The predicted octanol–water partition coefficient (Wildman–Crippen LogP) is 1.25. The first-order valence-electron chi connectivity index (χ1n) is 13.6. The van der Waals surface area contributed by atoms with Crippen LogP contribution in [-0.2, 0) is 16.4 Å². The van der Waals surface area contributed by atoms with Gasteiger partial charge >= 0.3 is 0 Å². The molecule has 0 amide bonds. The molecule has 0 unspecified atom stereocenters. The van der Waals surface area contributed by atoms with Gasteiger partial charge in [-0.2, -0.15) is 0 Å². The van der Waals surface area contributed by atoms with E-state index in [9.17, 15) is 13.2 Å². The third-order valence-electron chi connectivity index (χ3n) is 7.70. The summed E-state index contributed by atoms with van der Waals surface area (Å²) in [4.78, 5) is 45.4. The average Bonchev–Trinajstić information content (AvgIpc) is 3.84. The summed E-state index contributed by atoms with van der Waals surface area (Å²) in [7, 11) is -3.40. The van der Waals surface area contributed by atoms with Crippen LogP contribution >= 0.6 is 0 Å². The van der Waals surface area contributed by atoms with E-state index in [0.717, 1.165) is 48.3 Å². The van der Waals surface area contributed by atoms with E-state index >= 15 is 0 Å². The van der Waals surface area contributed by atoms with Crippen LogP contribution in [0.25, 0.3) is 6.20 Å². The Morgan fingerprint density at radius 2 is 1.85 bits per heavy atom. The Morgan fingerprint density at radius 1 is 1.10 bits per heavy atom. The molecule has 3 aromatic heterocycles. The number of aryl methyl sites for hydroxylation is 1. The Morgan fingerprint density at radius 3 is 2.52 bits per heavy atom. The molecule has 40 heavy (non-hydrogen) atoms. The zero-order chi connectivity index (χ0) is 28.0. The molecule has 12 nitrogen and oxygen atoms in total. The first-order valence-corrected chi connectivity index (χ1v) is 15.3. The number of hydrogen-bond acceptors (Lipinski definition) is 11. The van der Waals surface area contributed by atoms with Gasteiger partial charge in [0.1, 0.15) is 22.4 Å². The first-order chi connectivity index (χ1) is 19.3. The highest BCUT2D eigenvalue weighted by atomic mass is 32.2. The van der Waals surface area contributed by atoms with Gasteiger partial charge in [0.2, 0.25) is 0 Å². The number of rotatable bonds is 9. The quantitative estimate of drug-likeness (QED) is 0.406. The summed E-state index contributed by atoms with van der Waals surface area (Å²) in [5.74, 6) is 1.28. The van der Waals surface area contributed by atoms with Crippen LogP contribution in [0.2, 0.25) is 0 Å². The van der Waals surface area contributed by atoms with Crippen LogP contribution in [0.4, 0.5) is 5.82 Å². The second kappa shape index (κ2) is 10.3. The minimum absolute atomic E-state index is 0.0315. The van der Waals surface area contributed by atoms with Crippen molar-refractivity contribution in [2.75, 3.05) is 17.6 Å². The molecule has 2 fully saturated rings. The summed E-state index contributed by atoms with van der Waals surface area (Å²) in [5, 5.41) is 3.56. The Kier molecular flexibility index (Phi) is 6.77. The second-order valence-corrected chi connectivity index (χ2v) is 12.8. The highest BCUT2D eigenvalue weighted by Gasteiger charge is 2.32. The van der Waals surface area contributed by atoms with Crippen LogP contribution in [-0.4, -0.2) is 55.9 Å². The molecule has 2 aliphatic carbocycles. The number of nitrogens with one attached hydrogen (secondary N) is 1. The van der Waals surface area contributed by atoms with Crippen LogP contribution in [0.15, 0.2) is 38.4 Å². The zero-order valence-corrected chi connectivity index (χ0v) is 23.5. The average molecular weight is 562 g/mol. The molecule has 208 valence electrons. The Hall–Kier alpha value is -3.87. The van der Waals surface area contributed by atoms with Crippen LogP contribution in [0.3, 0.4) is 0 Å². The van der Waals surface area contributed by atoms with Gasteiger partial charge in [-0.3, -0.25) is 19.3 Å². The van der Waals surface area contributed by atoms with Crippen molar-refractivity contribution in [3.05, 3.63) is 62.7 Å². The van der Waals surface area contributed by atoms with Crippen LogP contribution in [0, 0.1) is 12.8 Å². The van der Waals surface area contributed by atoms with Gasteiger partial charge in [-0.1, -0.05) is 6.92 Å². The van der Waals surface area contributed by atoms with E-state index in [2.05, 4.69) is 30.2 Å². The molecule has 0 aromatic carbocycles. The van der Waals surface area contributed by atoms with Crippen molar-refractivity contribution in [1.29, 1.82) is 0 Å². The molecular formula is C27H31N9O3S. The molecule has 0 saturated heterocycles. The molecule has 1 aliphatic heterocycles. The summed E-state index contributed by atoms with van der Waals surface area (Å²) >= 11 is 0. The lowest BCUT2D eigenvalue weighted by Crippen LogP contribution is -2.48. The smallest absolute Gasteiger partial charge is 0.295 e. The molecule has 2 saturated carbocycles. The molecule has 1 atom stereocenters. The minimum atomic E-state index is -3.40. The molecular weight excluding hydrogens is 530 g/mol. The fraction of sp³-hybridized carbons (Fsp3) is 0.481. The molecule has 6 rings (SSSR count). The maximum absolute atomic E-state index is 13.7. The summed E-state index contributed by atoms with van der Waals surface area (Å²) < 4.78 is 25.9. The summed E-state index contributed by atoms with van der Waals surface area (Å²) in [5.41, 5.74) is 3.81. The maximum Gasteiger partial charge on any atom is 0.295 e. The number of anilines is 1. The number of fused-ring (bicyclic) bond motifs is 1. The maximum atomic E-state index is 13.7. The predicted molar refractivity (Wildman–Crippen MR) is 148 cm³/mol. The van der Waals surface area contributed by atoms with Gasteiger partial charge in [0.15, 0.2) is 21.1 Å². The van der Waals surface area contributed by atoms with Crippen molar-refractivity contribution in [2.45, 2.75) is 69.9 Å². The van der Waals surface area contributed by atoms with Crippen molar-refractivity contribution in [1.82, 2.24) is 29.5 Å². The van der Waals surface area contributed by atoms with E-state index in [-0.39, 0.29) is 34.6 Å². The van der Waals surface area contributed by atoms with Crippen molar-refractivity contribution < 1.29 is 8.42 Å². The standard InChI is InChI=1S/C27H31N9O3S/c1-4-40(38,39)19-9-29-22(30-10-19)13-31-25-27(37)36(16(3)17-5-6-17)26-21(35-25)12-28-20(11-32-26)23-15(2)33-14-34-24(23)18-7-8-18/h9-10,12,14,16-18H,4-8,11,13H2,1-3H3,(H,31,35)/t16-/m1/s1. The SMILES string of the molecule is CCS(=O)(=O)c1cnc(CNc2nc3c(n([C@H](C)C4CC4)c2=O)=NCC(c2c(C)ncnc2C2CC2)=NC=3)nc1. The third kappa shape index (κ3) is 5.05. The topological polar surface area (TPSA) is 157 Å². The fourth-order valence-corrected chi connectivity index (χ4v) is 5.75. The lowest BCUT2D eigenvalue weighted by Gasteiger charge is -2.16. The van der Waals surface area contributed by atoms with Gasteiger partial charge < -0.3 is 5.32 Å². The summed E-state index contributed by atoms with van der Waals surface area (Å²) in [6.07, 6.45) is 10.2. The molecule has 4 heterocycles. The van der Waals surface area contributed by atoms with E-state index in [0.29, 0.717) is 35.0 Å². The van der Waals surface area contributed by atoms with Crippen LogP contribution in [0.5, 0.6) is 0 Å². The van der Waals surface area contributed by atoms with Crippen molar-refractivity contribution in [3.8, 4) is 0 Å². The van der Waals surface area contributed by atoms with E-state index in [1.807, 2.05) is 13.8 Å². The van der Waals surface area contributed by atoms with Gasteiger partial charge in [0.05, 0.1) is 42.1 Å². The second-order valence-electron chi connectivity index (χ2n) is 10.5. The molecule has 13 heteroatoms. The van der Waals surface area contributed by atoms with E-state index < -0.39 is 9.84 Å². The van der Waals surface area contributed by atoms with E-state index in [1.165, 1.54) is 12.4 Å². The van der Waals surface area contributed by atoms with Gasteiger partial charge in [-0.05, 0) is 45.4 Å². The Labute approximate surface area is 231 Å². The van der Waals surface area contributed by atoms with E-state index in [1.54, 1.807) is 24.0 Å². The number of aromatic nitrogens is 6. The number of nitrogens with zero attached hydrogens (tertiary/aromatic N) is 8. The van der Waals surface area contributed by atoms with Crippen molar-refractivity contribution in [2.24, 2.45) is 15.9 Å². The van der Waals surface area contributed by atoms with Crippen molar-refractivity contribution in [3.63, 3.8) is 0 Å². The van der Waals surface area contributed by atoms with Crippen LogP contribution < -0.4 is 21.7 Å². The lowest BCUT2D eigenvalue weighted by molar-refractivity contribution is 0.449. The lowest BCUT2D eigenvalue weighted by atomic mass is 10.0. The largest absolute Gasteiger partial charge is 0.358 e. The first kappa shape index (κ1) is 26.4. The summed E-state index contributed by atoms with van der Waals surface area (Å²) in [6, 6.07) is -0.0536. The number of sulfone groups is 1.